The first kappa shape index (κ1) is 15.7. The standard InChI is InChI=1S/C17H27NO/c1-6-13(2)18-16(19)12-9-14-7-10-15(11-8-14)17(3,4)5/h7-8,10-11,13H,6,9,12H2,1-5H3,(H,18,19). The second-order valence-corrected chi connectivity index (χ2v) is 6.32. The summed E-state index contributed by atoms with van der Waals surface area (Å²) in [6, 6.07) is 8.88. The highest BCUT2D eigenvalue weighted by Gasteiger charge is 2.13. The molecule has 0 aromatic heterocycles. The molecular formula is C17H27NO. The maximum Gasteiger partial charge on any atom is 0.220 e. The molecule has 106 valence electrons. The Balaban J connectivity index is 2.48. The van der Waals surface area contributed by atoms with Crippen molar-refractivity contribution in [2.24, 2.45) is 0 Å². The molecule has 1 atom stereocenters. The number of amides is 1. The molecule has 1 N–H and O–H groups in total. The van der Waals surface area contributed by atoms with Crippen LogP contribution in [-0.2, 0) is 16.6 Å². The van der Waals surface area contributed by atoms with Crippen molar-refractivity contribution in [3.05, 3.63) is 35.4 Å². The van der Waals surface area contributed by atoms with Gasteiger partial charge in [-0.2, -0.15) is 0 Å². The zero-order valence-corrected chi connectivity index (χ0v) is 12.9. The molecule has 0 fully saturated rings. The van der Waals surface area contributed by atoms with Gasteiger partial charge in [0, 0.05) is 12.5 Å². The number of aryl methyl sites for hydroxylation is 1. The fourth-order valence-corrected chi connectivity index (χ4v) is 1.88. The Hall–Kier alpha value is -1.31. The van der Waals surface area contributed by atoms with E-state index >= 15 is 0 Å². The van der Waals surface area contributed by atoms with Crippen LogP contribution < -0.4 is 5.32 Å². The number of hydrogen-bond acceptors (Lipinski definition) is 1. The topological polar surface area (TPSA) is 29.1 Å². The maximum absolute atomic E-state index is 11.7. The van der Waals surface area contributed by atoms with E-state index in [-0.39, 0.29) is 17.4 Å². The van der Waals surface area contributed by atoms with E-state index in [4.69, 9.17) is 0 Å². The van der Waals surface area contributed by atoms with Gasteiger partial charge in [-0.05, 0) is 36.3 Å². The zero-order valence-electron chi connectivity index (χ0n) is 12.9. The van der Waals surface area contributed by atoms with Crippen molar-refractivity contribution in [3.8, 4) is 0 Å². The highest BCUT2D eigenvalue weighted by Crippen LogP contribution is 2.22. The number of hydrogen-bond donors (Lipinski definition) is 1. The number of rotatable bonds is 5. The van der Waals surface area contributed by atoms with Crippen LogP contribution in [0.1, 0.15) is 58.6 Å². The Bertz CT molecular complexity index is 400. The van der Waals surface area contributed by atoms with E-state index in [2.05, 4.69) is 57.3 Å². The summed E-state index contributed by atoms with van der Waals surface area (Å²) in [7, 11) is 0. The van der Waals surface area contributed by atoms with Gasteiger partial charge in [-0.25, -0.2) is 0 Å². The Morgan fingerprint density at radius 1 is 1.21 bits per heavy atom. The van der Waals surface area contributed by atoms with Crippen LogP contribution in [0.3, 0.4) is 0 Å². The second kappa shape index (κ2) is 6.74. The van der Waals surface area contributed by atoms with Crippen LogP contribution in [0.5, 0.6) is 0 Å². The molecule has 2 heteroatoms. The van der Waals surface area contributed by atoms with E-state index in [1.165, 1.54) is 11.1 Å². The van der Waals surface area contributed by atoms with Crippen molar-refractivity contribution in [2.75, 3.05) is 0 Å². The Labute approximate surface area is 117 Å². The Morgan fingerprint density at radius 3 is 2.26 bits per heavy atom. The van der Waals surface area contributed by atoms with Gasteiger partial charge in [0.05, 0.1) is 0 Å². The molecule has 0 radical (unpaired) electrons. The molecule has 19 heavy (non-hydrogen) atoms. The van der Waals surface area contributed by atoms with Gasteiger partial charge in [0.15, 0.2) is 0 Å². The summed E-state index contributed by atoms with van der Waals surface area (Å²) in [5, 5.41) is 3.00. The third kappa shape index (κ3) is 5.46. The Kier molecular flexibility index (Phi) is 5.59. The predicted octanol–water partition coefficient (Wildman–Crippen LogP) is 3.83. The Morgan fingerprint density at radius 2 is 1.79 bits per heavy atom. The fourth-order valence-electron chi connectivity index (χ4n) is 1.88. The summed E-state index contributed by atoms with van der Waals surface area (Å²) in [5.41, 5.74) is 2.75. The van der Waals surface area contributed by atoms with Gasteiger partial charge in [0.25, 0.3) is 0 Å². The summed E-state index contributed by atoms with van der Waals surface area (Å²) in [6.45, 7) is 10.7. The smallest absolute Gasteiger partial charge is 0.220 e. The largest absolute Gasteiger partial charge is 0.354 e. The minimum atomic E-state index is 0.147. The van der Waals surface area contributed by atoms with E-state index in [0.717, 1.165) is 12.8 Å². The van der Waals surface area contributed by atoms with Gasteiger partial charge in [-0.3, -0.25) is 4.79 Å². The molecule has 0 spiro atoms. The summed E-state index contributed by atoms with van der Waals surface area (Å²) >= 11 is 0. The van der Waals surface area contributed by atoms with Crippen LogP contribution in [0.2, 0.25) is 0 Å². The zero-order chi connectivity index (χ0) is 14.5. The van der Waals surface area contributed by atoms with Crippen molar-refractivity contribution < 1.29 is 4.79 Å². The minimum Gasteiger partial charge on any atom is -0.354 e. The summed E-state index contributed by atoms with van der Waals surface area (Å²) in [5.74, 6) is 0.147. The molecule has 1 unspecified atom stereocenters. The molecule has 1 aromatic carbocycles. The van der Waals surface area contributed by atoms with Gasteiger partial charge in [0.1, 0.15) is 0 Å². The molecular weight excluding hydrogens is 234 g/mol. The molecule has 0 saturated heterocycles. The molecule has 0 saturated carbocycles. The number of carbonyl (C=O) groups excluding carboxylic acids is 1. The van der Waals surface area contributed by atoms with Crippen LogP contribution in [0.15, 0.2) is 24.3 Å². The second-order valence-electron chi connectivity index (χ2n) is 6.32. The molecule has 0 aliphatic carbocycles. The lowest BCUT2D eigenvalue weighted by Crippen LogP contribution is -2.32. The predicted molar refractivity (Wildman–Crippen MR) is 81.4 cm³/mol. The molecule has 2 nitrogen and oxygen atoms in total. The van der Waals surface area contributed by atoms with Gasteiger partial charge in [-0.1, -0.05) is 52.0 Å². The SMILES string of the molecule is CCC(C)NC(=O)CCc1ccc(C(C)(C)C)cc1. The average molecular weight is 261 g/mol. The highest BCUT2D eigenvalue weighted by atomic mass is 16.1. The van der Waals surface area contributed by atoms with E-state index in [1.54, 1.807) is 0 Å². The lowest BCUT2D eigenvalue weighted by atomic mass is 9.86. The van der Waals surface area contributed by atoms with Gasteiger partial charge >= 0.3 is 0 Å². The number of nitrogens with one attached hydrogen (secondary N) is 1. The first-order chi connectivity index (χ1) is 8.82. The van der Waals surface area contributed by atoms with E-state index in [9.17, 15) is 4.79 Å². The molecule has 1 amide bonds. The van der Waals surface area contributed by atoms with E-state index in [1.807, 2.05) is 6.92 Å². The van der Waals surface area contributed by atoms with Crippen LogP contribution in [-0.4, -0.2) is 11.9 Å². The molecule has 0 aliphatic rings. The summed E-state index contributed by atoms with van der Waals surface area (Å²) in [6.07, 6.45) is 2.36. The van der Waals surface area contributed by atoms with Gasteiger partial charge < -0.3 is 5.32 Å². The van der Waals surface area contributed by atoms with Crippen molar-refractivity contribution in [1.82, 2.24) is 5.32 Å². The van der Waals surface area contributed by atoms with Crippen LogP contribution in [0, 0.1) is 0 Å². The molecule has 0 bridgehead atoms. The van der Waals surface area contributed by atoms with Crippen LogP contribution >= 0.6 is 0 Å². The first-order valence-corrected chi connectivity index (χ1v) is 7.21. The molecule has 1 rings (SSSR count). The lowest BCUT2D eigenvalue weighted by Gasteiger charge is -2.19. The van der Waals surface area contributed by atoms with Crippen molar-refractivity contribution in [1.29, 1.82) is 0 Å². The third-order valence-electron chi connectivity index (χ3n) is 3.48. The fraction of sp³-hybridized carbons (Fsp3) is 0.588. The third-order valence-corrected chi connectivity index (χ3v) is 3.48. The molecule has 0 aliphatic heterocycles. The first-order valence-electron chi connectivity index (χ1n) is 7.21. The van der Waals surface area contributed by atoms with Gasteiger partial charge in [0.2, 0.25) is 5.91 Å². The van der Waals surface area contributed by atoms with Crippen molar-refractivity contribution >= 4 is 5.91 Å². The van der Waals surface area contributed by atoms with Crippen molar-refractivity contribution in [2.45, 2.75) is 65.3 Å². The monoisotopic (exact) mass is 261 g/mol. The molecule has 0 heterocycles. The average Bonchev–Trinajstić information content (AvgIpc) is 2.35. The normalized spacial score (nSPS) is 13.1. The van der Waals surface area contributed by atoms with Gasteiger partial charge in [-0.15, -0.1) is 0 Å². The molecule has 1 aromatic rings. The van der Waals surface area contributed by atoms with E-state index < -0.39 is 0 Å². The van der Waals surface area contributed by atoms with Crippen molar-refractivity contribution in [3.63, 3.8) is 0 Å². The summed E-state index contributed by atoms with van der Waals surface area (Å²) < 4.78 is 0. The summed E-state index contributed by atoms with van der Waals surface area (Å²) in [4.78, 5) is 11.7. The van der Waals surface area contributed by atoms with Crippen LogP contribution in [0.25, 0.3) is 0 Å². The quantitative estimate of drug-likeness (QED) is 0.857. The number of benzene rings is 1. The minimum absolute atomic E-state index is 0.147. The van der Waals surface area contributed by atoms with Crippen LogP contribution in [0.4, 0.5) is 0 Å². The number of carbonyl (C=O) groups is 1. The lowest BCUT2D eigenvalue weighted by molar-refractivity contribution is -0.121. The highest BCUT2D eigenvalue weighted by molar-refractivity contribution is 5.76. The maximum atomic E-state index is 11.7. The van der Waals surface area contributed by atoms with E-state index in [0.29, 0.717) is 6.42 Å².